The third kappa shape index (κ3) is 5.71. The molecule has 0 aliphatic rings. The van der Waals surface area contributed by atoms with Gasteiger partial charge in [-0.05, 0) is 23.3 Å². The van der Waals surface area contributed by atoms with Gasteiger partial charge in [-0.2, -0.15) is 0 Å². The van der Waals surface area contributed by atoms with Crippen molar-refractivity contribution in [3.05, 3.63) is 89.2 Å². The van der Waals surface area contributed by atoms with Crippen LogP contribution in [0.3, 0.4) is 0 Å². The second-order valence-electron chi connectivity index (χ2n) is 6.16. The van der Waals surface area contributed by atoms with Crippen LogP contribution in [0.25, 0.3) is 0 Å². The SMILES string of the molecule is C=CCn1c(Cc2ccccc2)nnc1SCC(=O)NCc1cccc(Cl)c1. The molecular weight excluding hydrogens is 392 g/mol. The van der Waals surface area contributed by atoms with Gasteiger partial charge in [0.2, 0.25) is 5.91 Å². The lowest BCUT2D eigenvalue weighted by atomic mass is 10.1. The van der Waals surface area contributed by atoms with E-state index < -0.39 is 0 Å². The van der Waals surface area contributed by atoms with Gasteiger partial charge in [-0.15, -0.1) is 16.8 Å². The highest BCUT2D eigenvalue weighted by molar-refractivity contribution is 7.99. The maximum atomic E-state index is 12.2. The van der Waals surface area contributed by atoms with Gasteiger partial charge in [0.15, 0.2) is 5.16 Å². The molecule has 0 aliphatic carbocycles. The van der Waals surface area contributed by atoms with Crippen LogP contribution in [-0.4, -0.2) is 26.4 Å². The molecule has 5 nitrogen and oxygen atoms in total. The lowest BCUT2D eigenvalue weighted by molar-refractivity contribution is -0.118. The van der Waals surface area contributed by atoms with Gasteiger partial charge in [0.05, 0.1) is 5.75 Å². The lowest BCUT2D eigenvalue weighted by Crippen LogP contribution is -2.24. The molecule has 0 radical (unpaired) electrons. The zero-order valence-electron chi connectivity index (χ0n) is 15.3. The number of carbonyl (C=O) groups excluding carboxylic acids is 1. The summed E-state index contributed by atoms with van der Waals surface area (Å²) in [5.74, 6) is 1.05. The molecule has 28 heavy (non-hydrogen) atoms. The van der Waals surface area contributed by atoms with E-state index in [1.807, 2.05) is 47.0 Å². The van der Waals surface area contributed by atoms with Crippen LogP contribution in [0.1, 0.15) is 17.0 Å². The molecule has 2 aromatic carbocycles. The largest absolute Gasteiger partial charge is 0.351 e. The fourth-order valence-electron chi connectivity index (χ4n) is 2.68. The van der Waals surface area contributed by atoms with E-state index in [4.69, 9.17) is 11.6 Å². The van der Waals surface area contributed by atoms with E-state index in [1.54, 1.807) is 6.08 Å². The summed E-state index contributed by atoms with van der Waals surface area (Å²) in [6, 6.07) is 17.6. The Morgan fingerprint density at radius 1 is 1.14 bits per heavy atom. The van der Waals surface area contributed by atoms with Gasteiger partial charge in [-0.3, -0.25) is 4.79 Å². The van der Waals surface area contributed by atoms with E-state index >= 15 is 0 Å². The van der Waals surface area contributed by atoms with Crippen LogP contribution in [0.4, 0.5) is 0 Å². The first-order valence-corrected chi connectivity index (χ1v) is 10.2. The minimum absolute atomic E-state index is 0.0669. The highest BCUT2D eigenvalue weighted by Gasteiger charge is 2.14. The van der Waals surface area contributed by atoms with Crippen LogP contribution >= 0.6 is 23.4 Å². The van der Waals surface area contributed by atoms with Crippen molar-refractivity contribution in [3.8, 4) is 0 Å². The lowest BCUT2D eigenvalue weighted by Gasteiger charge is -2.08. The summed E-state index contributed by atoms with van der Waals surface area (Å²) >= 11 is 7.33. The molecule has 0 saturated heterocycles. The van der Waals surface area contributed by atoms with Gasteiger partial charge in [0.25, 0.3) is 0 Å². The molecule has 0 aliphatic heterocycles. The van der Waals surface area contributed by atoms with Gasteiger partial charge in [-0.25, -0.2) is 0 Å². The van der Waals surface area contributed by atoms with Crippen LogP contribution in [0.5, 0.6) is 0 Å². The number of benzene rings is 2. The number of nitrogens with zero attached hydrogens (tertiary/aromatic N) is 3. The number of hydrogen-bond donors (Lipinski definition) is 1. The summed E-state index contributed by atoms with van der Waals surface area (Å²) in [5, 5.41) is 12.8. The van der Waals surface area contributed by atoms with Crippen molar-refractivity contribution < 1.29 is 4.79 Å². The van der Waals surface area contributed by atoms with E-state index in [0.717, 1.165) is 17.0 Å². The van der Waals surface area contributed by atoms with Gasteiger partial charge < -0.3 is 9.88 Å². The maximum Gasteiger partial charge on any atom is 0.230 e. The molecule has 0 saturated carbocycles. The molecule has 1 N–H and O–H groups in total. The molecule has 0 bridgehead atoms. The van der Waals surface area contributed by atoms with Crippen molar-refractivity contribution in [2.24, 2.45) is 0 Å². The van der Waals surface area contributed by atoms with Crippen molar-refractivity contribution >= 4 is 29.3 Å². The maximum absolute atomic E-state index is 12.2. The van der Waals surface area contributed by atoms with Gasteiger partial charge in [0, 0.05) is 24.5 Å². The topological polar surface area (TPSA) is 59.8 Å². The third-order valence-corrected chi connectivity index (χ3v) is 5.22. The van der Waals surface area contributed by atoms with E-state index in [9.17, 15) is 4.79 Å². The Balaban J connectivity index is 1.58. The summed E-state index contributed by atoms with van der Waals surface area (Å²) in [6.45, 7) is 4.86. The Bertz CT molecular complexity index is 943. The van der Waals surface area contributed by atoms with Crippen LogP contribution in [-0.2, 0) is 24.3 Å². The standard InChI is InChI=1S/C21H21ClN4OS/c1-2-11-26-19(13-16-7-4-3-5-8-16)24-25-21(26)28-15-20(27)23-14-17-9-6-10-18(22)12-17/h2-10,12H,1,11,13-15H2,(H,23,27). The Morgan fingerprint density at radius 2 is 1.93 bits per heavy atom. The normalized spacial score (nSPS) is 10.6. The number of amides is 1. The molecule has 3 aromatic rings. The summed E-state index contributed by atoms with van der Waals surface area (Å²) in [6.07, 6.45) is 2.49. The van der Waals surface area contributed by atoms with Crippen LogP contribution in [0.15, 0.2) is 72.4 Å². The van der Waals surface area contributed by atoms with E-state index in [1.165, 1.54) is 11.8 Å². The van der Waals surface area contributed by atoms with Crippen LogP contribution < -0.4 is 5.32 Å². The van der Waals surface area contributed by atoms with Gasteiger partial charge >= 0.3 is 0 Å². The van der Waals surface area contributed by atoms with Crippen molar-refractivity contribution in [3.63, 3.8) is 0 Å². The average molecular weight is 413 g/mol. The number of aromatic nitrogens is 3. The van der Waals surface area contributed by atoms with E-state index in [-0.39, 0.29) is 11.7 Å². The van der Waals surface area contributed by atoms with Crippen molar-refractivity contribution in [1.29, 1.82) is 0 Å². The van der Waals surface area contributed by atoms with Crippen molar-refractivity contribution in [1.82, 2.24) is 20.1 Å². The summed E-state index contributed by atoms with van der Waals surface area (Å²) < 4.78 is 1.99. The molecule has 0 unspecified atom stereocenters. The molecule has 7 heteroatoms. The first kappa shape index (κ1) is 20.2. The molecule has 1 aromatic heterocycles. The molecule has 0 atom stereocenters. The number of thioether (sulfide) groups is 1. The van der Waals surface area contributed by atoms with E-state index in [2.05, 4.69) is 34.2 Å². The molecule has 0 spiro atoms. The fourth-order valence-corrected chi connectivity index (χ4v) is 3.69. The highest BCUT2D eigenvalue weighted by atomic mass is 35.5. The third-order valence-electron chi connectivity index (χ3n) is 4.02. The monoisotopic (exact) mass is 412 g/mol. The number of carbonyl (C=O) groups is 1. The number of allylic oxidation sites excluding steroid dienone is 1. The summed E-state index contributed by atoms with van der Waals surface area (Å²) in [7, 11) is 0. The molecule has 0 fully saturated rings. The number of nitrogens with one attached hydrogen (secondary N) is 1. The fraction of sp³-hybridized carbons (Fsp3) is 0.190. The van der Waals surface area contributed by atoms with Gasteiger partial charge in [0.1, 0.15) is 5.82 Å². The first-order valence-electron chi connectivity index (χ1n) is 8.86. The van der Waals surface area contributed by atoms with Crippen molar-refractivity contribution in [2.45, 2.75) is 24.7 Å². The quantitative estimate of drug-likeness (QED) is 0.424. The average Bonchev–Trinajstić information content (AvgIpc) is 3.07. The molecule has 144 valence electrons. The zero-order chi connectivity index (χ0) is 19.8. The van der Waals surface area contributed by atoms with Crippen LogP contribution in [0.2, 0.25) is 5.02 Å². The first-order chi connectivity index (χ1) is 13.7. The smallest absolute Gasteiger partial charge is 0.230 e. The second-order valence-corrected chi connectivity index (χ2v) is 7.53. The summed E-state index contributed by atoms with van der Waals surface area (Å²) in [4.78, 5) is 12.2. The Labute approximate surface area is 173 Å². The Hall–Kier alpha value is -2.57. The minimum atomic E-state index is -0.0669. The Morgan fingerprint density at radius 3 is 2.68 bits per heavy atom. The predicted octanol–water partition coefficient (Wildman–Crippen LogP) is 4.12. The van der Waals surface area contributed by atoms with Gasteiger partial charge in [-0.1, -0.05) is 71.9 Å². The molecule has 3 rings (SSSR count). The Kier molecular flexibility index (Phi) is 7.28. The minimum Gasteiger partial charge on any atom is -0.351 e. The summed E-state index contributed by atoms with van der Waals surface area (Å²) in [5.41, 5.74) is 2.13. The second kappa shape index (κ2) is 10.1. The number of halogens is 1. The highest BCUT2D eigenvalue weighted by Crippen LogP contribution is 2.19. The molecular formula is C21H21ClN4OS. The van der Waals surface area contributed by atoms with Crippen LogP contribution in [0, 0.1) is 0 Å². The number of rotatable bonds is 9. The predicted molar refractivity (Wildman–Crippen MR) is 113 cm³/mol. The molecule has 1 amide bonds. The number of hydrogen-bond acceptors (Lipinski definition) is 4. The van der Waals surface area contributed by atoms with E-state index in [0.29, 0.717) is 29.7 Å². The zero-order valence-corrected chi connectivity index (χ0v) is 16.9. The molecule has 1 heterocycles. The van der Waals surface area contributed by atoms with Crippen molar-refractivity contribution in [2.75, 3.05) is 5.75 Å².